The lowest BCUT2D eigenvalue weighted by atomic mass is 10.1. The number of pyridine rings is 1. The standard InChI is InChI=1S/C13H15F3N2O2S/c14-13(15,16)10-5-4-9(11(17)21)12(18-10)20-7-8-3-1-2-6-19-8/h4-5,8H,1-3,6-7H2,(H2,17,21). The molecule has 0 aromatic carbocycles. The van der Waals surface area contributed by atoms with E-state index in [1.165, 1.54) is 6.07 Å². The van der Waals surface area contributed by atoms with Crippen molar-refractivity contribution in [2.24, 2.45) is 5.73 Å². The fourth-order valence-electron chi connectivity index (χ4n) is 2.01. The van der Waals surface area contributed by atoms with Crippen molar-refractivity contribution in [3.8, 4) is 5.88 Å². The van der Waals surface area contributed by atoms with E-state index in [0.29, 0.717) is 6.61 Å². The molecular weight excluding hydrogens is 305 g/mol. The maximum Gasteiger partial charge on any atom is 0.433 e. The number of ether oxygens (including phenoxy) is 2. The van der Waals surface area contributed by atoms with Gasteiger partial charge in [0.05, 0.1) is 11.7 Å². The molecule has 0 radical (unpaired) electrons. The van der Waals surface area contributed by atoms with Crippen LogP contribution in [0, 0.1) is 0 Å². The minimum atomic E-state index is -4.55. The number of hydrogen-bond donors (Lipinski definition) is 1. The van der Waals surface area contributed by atoms with Gasteiger partial charge in [-0.2, -0.15) is 13.2 Å². The number of hydrogen-bond acceptors (Lipinski definition) is 4. The van der Waals surface area contributed by atoms with Gasteiger partial charge in [-0.25, -0.2) is 4.98 Å². The highest BCUT2D eigenvalue weighted by atomic mass is 32.1. The van der Waals surface area contributed by atoms with Crippen LogP contribution in [0.1, 0.15) is 30.5 Å². The summed E-state index contributed by atoms with van der Waals surface area (Å²) < 4.78 is 48.9. The van der Waals surface area contributed by atoms with Crippen LogP contribution >= 0.6 is 12.2 Å². The highest BCUT2D eigenvalue weighted by Gasteiger charge is 2.33. The van der Waals surface area contributed by atoms with Crippen LogP contribution in [0.5, 0.6) is 5.88 Å². The Bertz CT molecular complexity index is 517. The average Bonchev–Trinajstić information content (AvgIpc) is 2.45. The lowest BCUT2D eigenvalue weighted by Crippen LogP contribution is -2.27. The zero-order valence-electron chi connectivity index (χ0n) is 11.2. The van der Waals surface area contributed by atoms with Crippen LogP contribution in [0.25, 0.3) is 0 Å². The largest absolute Gasteiger partial charge is 0.474 e. The summed E-state index contributed by atoms with van der Waals surface area (Å²) in [6.45, 7) is 0.760. The summed E-state index contributed by atoms with van der Waals surface area (Å²) in [6.07, 6.45) is -1.90. The second-order valence-corrected chi connectivity index (χ2v) is 5.15. The number of nitrogens with zero attached hydrogens (tertiary/aromatic N) is 1. The summed E-state index contributed by atoms with van der Waals surface area (Å²) in [4.78, 5) is 3.42. The van der Waals surface area contributed by atoms with Crippen molar-refractivity contribution < 1.29 is 22.6 Å². The quantitative estimate of drug-likeness (QED) is 0.865. The summed E-state index contributed by atoms with van der Waals surface area (Å²) in [5.74, 6) is -0.202. The minimum Gasteiger partial charge on any atom is -0.474 e. The third kappa shape index (κ3) is 4.28. The Labute approximate surface area is 125 Å². The number of nitrogens with two attached hydrogens (primary N) is 1. The molecule has 116 valence electrons. The molecule has 1 atom stereocenters. The Morgan fingerprint density at radius 2 is 2.19 bits per heavy atom. The first kappa shape index (κ1) is 16.0. The van der Waals surface area contributed by atoms with Gasteiger partial charge in [0, 0.05) is 6.61 Å². The molecule has 0 aliphatic carbocycles. The maximum atomic E-state index is 12.7. The fraction of sp³-hybridized carbons (Fsp3) is 0.538. The van der Waals surface area contributed by atoms with Crippen LogP contribution in [0.3, 0.4) is 0 Å². The molecule has 1 aliphatic heterocycles. The molecule has 2 rings (SSSR count). The van der Waals surface area contributed by atoms with Crippen molar-refractivity contribution in [3.05, 3.63) is 23.4 Å². The Morgan fingerprint density at radius 3 is 2.76 bits per heavy atom. The van der Waals surface area contributed by atoms with Crippen LogP contribution in [-0.4, -0.2) is 29.3 Å². The fourth-order valence-corrected chi connectivity index (χ4v) is 2.16. The zero-order chi connectivity index (χ0) is 15.5. The first-order valence-corrected chi connectivity index (χ1v) is 6.91. The molecule has 1 aromatic heterocycles. The van der Waals surface area contributed by atoms with Crippen molar-refractivity contribution in [1.29, 1.82) is 0 Å². The average molecular weight is 320 g/mol. The van der Waals surface area contributed by atoms with E-state index < -0.39 is 11.9 Å². The third-order valence-electron chi connectivity index (χ3n) is 3.10. The summed E-state index contributed by atoms with van der Waals surface area (Å²) >= 11 is 4.80. The topological polar surface area (TPSA) is 57.4 Å². The summed E-state index contributed by atoms with van der Waals surface area (Å²) in [6, 6.07) is 2.01. The lowest BCUT2D eigenvalue weighted by Gasteiger charge is -2.23. The van der Waals surface area contributed by atoms with E-state index >= 15 is 0 Å². The van der Waals surface area contributed by atoms with Gasteiger partial charge < -0.3 is 15.2 Å². The lowest BCUT2D eigenvalue weighted by molar-refractivity contribution is -0.141. The third-order valence-corrected chi connectivity index (χ3v) is 3.32. The molecule has 1 aliphatic rings. The number of alkyl halides is 3. The predicted octanol–water partition coefficient (Wildman–Crippen LogP) is 2.68. The number of thiocarbonyl (C=S) groups is 1. The van der Waals surface area contributed by atoms with Crippen molar-refractivity contribution in [2.75, 3.05) is 13.2 Å². The van der Waals surface area contributed by atoms with Crippen molar-refractivity contribution in [2.45, 2.75) is 31.5 Å². The molecule has 0 amide bonds. The molecule has 2 heterocycles. The van der Waals surface area contributed by atoms with E-state index in [9.17, 15) is 13.2 Å². The van der Waals surface area contributed by atoms with E-state index in [0.717, 1.165) is 25.3 Å². The highest BCUT2D eigenvalue weighted by Crippen LogP contribution is 2.30. The van der Waals surface area contributed by atoms with Gasteiger partial charge in [-0.15, -0.1) is 0 Å². The Balaban J connectivity index is 2.16. The molecule has 1 unspecified atom stereocenters. The van der Waals surface area contributed by atoms with E-state index in [4.69, 9.17) is 27.4 Å². The molecule has 1 aromatic rings. The summed E-state index contributed by atoms with van der Waals surface area (Å²) in [5.41, 5.74) is 4.63. The van der Waals surface area contributed by atoms with Gasteiger partial charge >= 0.3 is 6.18 Å². The molecule has 0 spiro atoms. The van der Waals surface area contributed by atoms with Gasteiger partial charge in [0.2, 0.25) is 5.88 Å². The van der Waals surface area contributed by atoms with E-state index in [1.807, 2.05) is 0 Å². The van der Waals surface area contributed by atoms with Crippen molar-refractivity contribution in [1.82, 2.24) is 4.98 Å². The molecule has 1 fully saturated rings. The van der Waals surface area contributed by atoms with Crippen LogP contribution in [-0.2, 0) is 10.9 Å². The maximum absolute atomic E-state index is 12.7. The van der Waals surface area contributed by atoms with E-state index in [2.05, 4.69) is 4.98 Å². The molecule has 8 heteroatoms. The monoisotopic (exact) mass is 320 g/mol. The Hall–Kier alpha value is -1.41. The first-order chi connectivity index (χ1) is 9.88. The van der Waals surface area contributed by atoms with E-state index in [1.54, 1.807) is 0 Å². The van der Waals surface area contributed by atoms with Crippen LogP contribution in [0.4, 0.5) is 13.2 Å². The molecule has 2 N–H and O–H groups in total. The zero-order valence-corrected chi connectivity index (χ0v) is 12.0. The summed E-state index contributed by atoms with van der Waals surface area (Å²) in [5, 5.41) is 0. The van der Waals surface area contributed by atoms with Gasteiger partial charge in [0.1, 0.15) is 17.3 Å². The number of aromatic nitrogens is 1. The van der Waals surface area contributed by atoms with Gasteiger partial charge in [0.25, 0.3) is 0 Å². The molecular formula is C13H15F3N2O2S. The molecule has 1 saturated heterocycles. The molecule has 0 saturated carbocycles. The predicted molar refractivity (Wildman–Crippen MR) is 74.2 cm³/mol. The van der Waals surface area contributed by atoms with Crippen LogP contribution in [0.2, 0.25) is 0 Å². The highest BCUT2D eigenvalue weighted by molar-refractivity contribution is 7.80. The minimum absolute atomic E-state index is 0.0595. The van der Waals surface area contributed by atoms with Gasteiger partial charge in [-0.1, -0.05) is 12.2 Å². The molecule has 4 nitrogen and oxygen atoms in total. The second kappa shape index (κ2) is 6.57. The first-order valence-electron chi connectivity index (χ1n) is 6.50. The Morgan fingerprint density at radius 1 is 1.43 bits per heavy atom. The van der Waals surface area contributed by atoms with Crippen molar-refractivity contribution in [3.63, 3.8) is 0 Å². The van der Waals surface area contributed by atoms with Crippen LogP contribution < -0.4 is 10.5 Å². The smallest absolute Gasteiger partial charge is 0.433 e. The SMILES string of the molecule is NC(=S)c1ccc(C(F)(F)F)nc1OCC1CCCCO1. The van der Waals surface area contributed by atoms with Gasteiger partial charge in [0.15, 0.2) is 0 Å². The van der Waals surface area contributed by atoms with Crippen molar-refractivity contribution >= 4 is 17.2 Å². The van der Waals surface area contributed by atoms with Crippen LogP contribution in [0.15, 0.2) is 12.1 Å². The second-order valence-electron chi connectivity index (χ2n) is 4.71. The molecule has 21 heavy (non-hydrogen) atoms. The number of rotatable bonds is 4. The van der Waals surface area contributed by atoms with Gasteiger partial charge in [-0.05, 0) is 31.4 Å². The molecule has 0 bridgehead atoms. The Kier molecular flexibility index (Phi) is 5.00. The van der Waals surface area contributed by atoms with Gasteiger partial charge in [-0.3, -0.25) is 0 Å². The number of halogens is 3. The summed E-state index contributed by atoms with van der Waals surface area (Å²) in [7, 11) is 0. The normalized spacial score (nSPS) is 19.3. The van der Waals surface area contributed by atoms with E-state index in [-0.39, 0.29) is 29.1 Å².